The third-order valence-electron chi connectivity index (χ3n) is 3.32. The van der Waals surface area contributed by atoms with Gasteiger partial charge in [0, 0.05) is 29.2 Å². The summed E-state index contributed by atoms with van der Waals surface area (Å²) in [6.07, 6.45) is 0.918. The molecule has 1 aliphatic heterocycles. The van der Waals surface area contributed by atoms with E-state index in [-0.39, 0.29) is 5.82 Å². The quantitative estimate of drug-likeness (QED) is 0.795. The highest BCUT2D eigenvalue weighted by molar-refractivity contribution is 6.53. The standard InChI is InChI=1S/C17H14ClFN2/c18-14-6-2-12(3-7-14)16-17(21-11-1-10-20-16)13-4-8-15(19)9-5-13/h2-9H,1,10-11H2. The molecule has 0 fully saturated rings. The lowest BCUT2D eigenvalue weighted by atomic mass is 9.99. The van der Waals surface area contributed by atoms with Gasteiger partial charge in [-0.15, -0.1) is 0 Å². The van der Waals surface area contributed by atoms with E-state index in [1.165, 1.54) is 12.1 Å². The van der Waals surface area contributed by atoms with Crippen molar-refractivity contribution in [3.8, 4) is 0 Å². The number of aliphatic imine (C=N–C) groups is 2. The molecule has 0 spiro atoms. The number of halogens is 2. The van der Waals surface area contributed by atoms with Gasteiger partial charge in [0.05, 0.1) is 11.4 Å². The van der Waals surface area contributed by atoms with Gasteiger partial charge >= 0.3 is 0 Å². The summed E-state index contributed by atoms with van der Waals surface area (Å²) in [4.78, 5) is 9.29. The Labute approximate surface area is 128 Å². The molecule has 0 radical (unpaired) electrons. The summed E-state index contributed by atoms with van der Waals surface area (Å²) in [5.74, 6) is -0.252. The van der Waals surface area contributed by atoms with Crippen molar-refractivity contribution >= 4 is 23.0 Å². The summed E-state index contributed by atoms with van der Waals surface area (Å²) in [6, 6.07) is 13.9. The van der Waals surface area contributed by atoms with Gasteiger partial charge in [0.2, 0.25) is 0 Å². The molecule has 0 unspecified atom stereocenters. The molecular weight excluding hydrogens is 287 g/mol. The van der Waals surface area contributed by atoms with Crippen LogP contribution in [0.4, 0.5) is 4.39 Å². The molecule has 0 N–H and O–H groups in total. The topological polar surface area (TPSA) is 24.7 Å². The molecule has 4 heteroatoms. The Balaban J connectivity index is 2.05. The summed E-state index contributed by atoms with van der Waals surface area (Å²) in [6.45, 7) is 1.47. The zero-order chi connectivity index (χ0) is 14.7. The molecule has 1 aliphatic rings. The van der Waals surface area contributed by atoms with E-state index < -0.39 is 0 Å². The highest BCUT2D eigenvalue weighted by Crippen LogP contribution is 2.16. The van der Waals surface area contributed by atoms with Crippen LogP contribution >= 0.6 is 11.6 Å². The Kier molecular flexibility index (Phi) is 4.11. The largest absolute Gasteiger partial charge is 0.282 e. The number of rotatable bonds is 2. The lowest BCUT2D eigenvalue weighted by molar-refractivity contribution is 0.628. The summed E-state index contributed by atoms with van der Waals surface area (Å²) in [5.41, 5.74) is 3.52. The van der Waals surface area contributed by atoms with E-state index in [4.69, 9.17) is 11.6 Å². The van der Waals surface area contributed by atoms with Crippen molar-refractivity contribution < 1.29 is 4.39 Å². The molecule has 0 saturated carbocycles. The molecule has 1 heterocycles. The van der Waals surface area contributed by atoms with Crippen molar-refractivity contribution in [1.82, 2.24) is 0 Å². The predicted molar refractivity (Wildman–Crippen MR) is 85.3 cm³/mol. The fraction of sp³-hybridized carbons (Fsp3) is 0.176. The molecule has 0 aliphatic carbocycles. The van der Waals surface area contributed by atoms with E-state index in [9.17, 15) is 4.39 Å². The van der Waals surface area contributed by atoms with Gasteiger partial charge < -0.3 is 0 Å². The van der Waals surface area contributed by atoms with Crippen LogP contribution in [0.15, 0.2) is 58.5 Å². The first-order valence-corrected chi connectivity index (χ1v) is 7.23. The molecule has 0 saturated heterocycles. The smallest absolute Gasteiger partial charge is 0.123 e. The Morgan fingerprint density at radius 2 is 1.24 bits per heavy atom. The maximum Gasteiger partial charge on any atom is 0.123 e. The van der Waals surface area contributed by atoms with Gasteiger partial charge in [-0.05, 0) is 42.8 Å². The average molecular weight is 301 g/mol. The van der Waals surface area contributed by atoms with Gasteiger partial charge in [-0.1, -0.05) is 23.7 Å². The van der Waals surface area contributed by atoms with Crippen LogP contribution in [0.1, 0.15) is 17.5 Å². The number of hydrogen-bond acceptors (Lipinski definition) is 2. The number of benzene rings is 2. The van der Waals surface area contributed by atoms with E-state index in [0.29, 0.717) is 5.02 Å². The van der Waals surface area contributed by atoms with Crippen LogP contribution in [0.2, 0.25) is 5.02 Å². The maximum absolute atomic E-state index is 13.1. The van der Waals surface area contributed by atoms with Gasteiger partial charge in [-0.25, -0.2) is 4.39 Å². The summed E-state index contributed by atoms with van der Waals surface area (Å²) >= 11 is 5.94. The molecule has 2 aromatic carbocycles. The van der Waals surface area contributed by atoms with Crippen LogP contribution in [-0.2, 0) is 0 Å². The molecule has 0 amide bonds. The molecule has 3 rings (SSSR count). The minimum atomic E-state index is -0.252. The molecule has 2 aromatic rings. The minimum Gasteiger partial charge on any atom is -0.282 e. The van der Waals surface area contributed by atoms with Gasteiger partial charge in [-0.2, -0.15) is 0 Å². The van der Waals surface area contributed by atoms with E-state index >= 15 is 0 Å². The fourth-order valence-corrected chi connectivity index (χ4v) is 2.40. The second kappa shape index (κ2) is 6.19. The van der Waals surface area contributed by atoms with E-state index in [1.807, 2.05) is 24.3 Å². The Morgan fingerprint density at radius 1 is 0.762 bits per heavy atom. The summed E-state index contributed by atoms with van der Waals surface area (Å²) < 4.78 is 13.1. The van der Waals surface area contributed by atoms with Crippen LogP contribution < -0.4 is 0 Å². The van der Waals surface area contributed by atoms with Crippen molar-refractivity contribution in [2.75, 3.05) is 13.1 Å². The molecule has 106 valence electrons. The lowest BCUT2D eigenvalue weighted by Gasteiger charge is -2.10. The zero-order valence-electron chi connectivity index (χ0n) is 11.4. The first kappa shape index (κ1) is 14.0. The third-order valence-corrected chi connectivity index (χ3v) is 3.57. The Hall–Kier alpha value is -2.00. The normalized spacial score (nSPS) is 15.1. The fourth-order valence-electron chi connectivity index (χ4n) is 2.27. The first-order valence-electron chi connectivity index (χ1n) is 6.85. The van der Waals surface area contributed by atoms with Gasteiger partial charge in [0.25, 0.3) is 0 Å². The maximum atomic E-state index is 13.1. The highest BCUT2D eigenvalue weighted by atomic mass is 35.5. The molecular formula is C17H14ClFN2. The van der Waals surface area contributed by atoms with Crippen LogP contribution in [0.5, 0.6) is 0 Å². The average Bonchev–Trinajstić information content (AvgIpc) is 2.75. The van der Waals surface area contributed by atoms with Gasteiger partial charge in [0.15, 0.2) is 0 Å². The van der Waals surface area contributed by atoms with E-state index in [2.05, 4.69) is 9.98 Å². The summed E-state index contributed by atoms with van der Waals surface area (Å²) in [5, 5.41) is 0.688. The monoisotopic (exact) mass is 300 g/mol. The van der Waals surface area contributed by atoms with Crippen LogP contribution in [0, 0.1) is 5.82 Å². The van der Waals surface area contributed by atoms with Gasteiger partial charge in [0.1, 0.15) is 5.82 Å². The SMILES string of the molecule is Fc1ccc(C2=NCCCN=C2c2ccc(Cl)cc2)cc1. The third kappa shape index (κ3) is 3.19. The highest BCUT2D eigenvalue weighted by Gasteiger charge is 2.16. The van der Waals surface area contributed by atoms with Crippen molar-refractivity contribution in [2.24, 2.45) is 9.98 Å². The van der Waals surface area contributed by atoms with Crippen molar-refractivity contribution in [2.45, 2.75) is 6.42 Å². The van der Waals surface area contributed by atoms with Crippen molar-refractivity contribution in [3.05, 3.63) is 70.5 Å². The minimum absolute atomic E-state index is 0.252. The predicted octanol–water partition coefficient (Wildman–Crippen LogP) is 4.16. The Bertz CT molecular complexity index is 626. The van der Waals surface area contributed by atoms with Gasteiger partial charge in [-0.3, -0.25) is 9.98 Å². The lowest BCUT2D eigenvalue weighted by Crippen LogP contribution is -2.17. The van der Waals surface area contributed by atoms with Crippen molar-refractivity contribution in [1.29, 1.82) is 0 Å². The van der Waals surface area contributed by atoms with Crippen LogP contribution in [-0.4, -0.2) is 24.5 Å². The first-order chi connectivity index (χ1) is 10.2. The Morgan fingerprint density at radius 3 is 1.76 bits per heavy atom. The molecule has 0 bridgehead atoms. The second-order valence-corrected chi connectivity index (χ2v) is 5.26. The van der Waals surface area contributed by atoms with E-state index in [1.54, 1.807) is 12.1 Å². The number of nitrogens with zero attached hydrogens (tertiary/aromatic N) is 2. The second-order valence-electron chi connectivity index (χ2n) is 4.83. The van der Waals surface area contributed by atoms with E-state index in [0.717, 1.165) is 42.1 Å². The number of hydrogen-bond donors (Lipinski definition) is 0. The zero-order valence-corrected chi connectivity index (χ0v) is 12.1. The van der Waals surface area contributed by atoms with Crippen molar-refractivity contribution in [3.63, 3.8) is 0 Å². The molecule has 21 heavy (non-hydrogen) atoms. The van der Waals surface area contributed by atoms with Crippen LogP contribution in [0.25, 0.3) is 0 Å². The van der Waals surface area contributed by atoms with Crippen LogP contribution in [0.3, 0.4) is 0 Å². The summed E-state index contributed by atoms with van der Waals surface area (Å²) in [7, 11) is 0. The molecule has 2 nitrogen and oxygen atoms in total. The molecule has 0 aromatic heterocycles. The molecule has 0 atom stereocenters.